The number of amidine groups is 1. The fourth-order valence-corrected chi connectivity index (χ4v) is 1.65. The van der Waals surface area contributed by atoms with Gasteiger partial charge in [-0.2, -0.15) is 0 Å². The minimum absolute atomic E-state index is 0.0376. The number of oxime groups is 1. The number of amides is 1. The third kappa shape index (κ3) is 4.91. The number of nitrogens with two attached hydrogens (primary N) is 1. The molecule has 0 atom stereocenters. The first-order valence-electron chi connectivity index (χ1n) is 6.65. The van der Waals surface area contributed by atoms with E-state index < -0.39 is 5.41 Å². The minimum Gasteiger partial charge on any atom is -0.409 e. The van der Waals surface area contributed by atoms with Gasteiger partial charge in [0, 0.05) is 18.4 Å². The van der Waals surface area contributed by atoms with Gasteiger partial charge in [-0.25, -0.2) is 0 Å². The summed E-state index contributed by atoms with van der Waals surface area (Å²) in [5, 5.41) is 14.5. The van der Waals surface area contributed by atoms with Crippen LogP contribution in [0.3, 0.4) is 0 Å². The molecule has 0 radical (unpaired) electrons. The van der Waals surface area contributed by atoms with E-state index in [-0.39, 0.29) is 11.7 Å². The topological polar surface area (TPSA) is 87.7 Å². The second-order valence-corrected chi connectivity index (χ2v) is 5.63. The number of hydrogen-bond acceptors (Lipinski definition) is 3. The molecule has 0 unspecified atom stereocenters. The molecule has 0 aliphatic heterocycles. The Morgan fingerprint density at radius 3 is 2.50 bits per heavy atom. The second kappa shape index (κ2) is 6.93. The maximum Gasteiger partial charge on any atom is 0.220 e. The van der Waals surface area contributed by atoms with Crippen molar-refractivity contribution in [2.45, 2.75) is 33.6 Å². The fourth-order valence-electron chi connectivity index (χ4n) is 1.65. The monoisotopic (exact) mass is 277 g/mol. The lowest BCUT2D eigenvalue weighted by atomic mass is 9.92. The first kappa shape index (κ1) is 16.0. The van der Waals surface area contributed by atoms with Crippen LogP contribution in [0.2, 0.25) is 0 Å². The summed E-state index contributed by atoms with van der Waals surface area (Å²) in [5.74, 6) is 0.0701. The van der Waals surface area contributed by atoms with E-state index in [4.69, 9.17) is 10.9 Å². The van der Waals surface area contributed by atoms with Crippen molar-refractivity contribution >= 4 is 11.7 Å². The van der Waals surface area contributed by atoms with Gasteiger partial charge < -0.3 is 16.3 Å². The Balaban J connectivity index is 2.39. The molecule has 0 saturated carbocycles. The van der Waals surface area contributed by atoms with E-state index in [1.807, 2.05) is 45.0 Å². The SMILES string of the molecule is Cc1ccc(CCC(=O)NCC(C)(C)/C(N)=N/O)cc1. The van der Waals surface area contributed by atoms with Crippen LogP contribution in [0.1, 0.15) is 31.4 Å². The Labute approximate surface area is 119 Å². The number of carbonyl (C=O) groups is 1. The maximum absolute atomic E-state index is 11.8. The number of aryl methyl sites for hydroxylation is 2. The Bertz CT molecular complexity index is 478. The van der Waals surface area contributed by atoms with Crippen LogP contribution in [0.25, 0.3) is 0 Å². The molecular weight excluding hydrogens is 254 g/mol. The number of benzene rings is 1. The number of nitrogens with one attached hydrogen (secondary N) is 1. The van der Waals surface area contributed by atoms with Gasteiger partial charge >= 0.3 is 0 Å². The average Bonchev–Trinajstić information content (AvgIpc) is 2.43. The summed E-state index contributed by atoms with van der Waals surface area (Å²) in [6.07, 6.45) is 1.13. The molecule has 5 heteroatoms. The van der Waals surface area contributed by atoms with Gasteiger partial charge in [0.05, 0.1) is 0 Å². The molecule has 5 nitrogen and oxygen atoms in total. The Hall–Kier alpha value is -2.04. The Morgan fingerprint density at radius 2 is 1.95 bits per heavy atom. The first-order chi connectivity index (χ1) is 9.35. The standard InChI is InChI=1S/C15H23N3O2/c1-11-4-6-12(7-5-11)8-9-13(19)17-10-15(2,3)14(16)18-20/h4-7,20H,8-10H2,1-3H3,(H2,16,18)(H,17,19). The lowest BCUT2D eigenvalue weighted by Gasteiger charge is -2.23. The molecule has 110 valence electrons. The average molecular weight is 277 g/mol. The van der Waals surface area contributed by atoms with Crippen molar-refractivity contribution in [1.29, 1.82) is 0 Å². The summed E-state index contributed by atoms with van der Waals surface area (Å²) < 4.78 is 0. The number of carbonyl (C=O) groups excluding carboxylic acids is 1. The molecule has 0 saturated heterocycles. The smallest absolute Gasteiger partial charge is 0.220 e. The molecule has 20 heavy (non-hydrogen) atoms. The van der Waals surface area contributed by atoms with Crippen molar-refractivity contribution in [2.75, 3.05) is 6.54 Å². The molecule has 1 amide bonds. The van der Waals surface area contributed by atoms with Crippen LogP contribution in [0.4, 0.5) is 0 Å². The summed E-state index contributed by atoms with van der Waals surface area (Å²) in [7, 11) is 0. The molecule has 1 aromatic carbocycles. The fraction of sp³-hybridized carbons (Fsp3) is 0.467. The number of rotatable bonds is 6. The highest BCUT2D eigenvalue weighted by molar-refractivity contribution is 5.86. The van der Waals surface area contributed by atoms with Crippen molar-refractivity contribution in [3.8, 4) is 0 Å². The van der Waals surface area contributed by atoms with E-state index in [1.165, 1.54) is 5.56 Å². The minimum atomic E-state index is -0.561. The van der Waals surface area contributed by atoms with Gasteiger partial charge in [-0.05, 0) is 18.9 Å². The van der Waals surface area contributed by atoms with Crippen LogP contribution in [0.5, 0.6) is 0 Å². The summed E-state index contributed by atoms with van der Waals surface area (Å²) >= 11 is 0. The van der Waals surface area contributed by atoms with Gasteiger partial charge in [-0.1, -0.05) is 48.8 Å². The molecule has 0 spiro atoms. The summed E-state index contributed by atoms with van der Waals surface area (Å²) in [6, 6.07) is 8.13. The Morgan fingerprint density at radius 1 is 1.35 bits per heavy atom. The van der Waals surface area contributed by atoms with Crippen molar-refractivity contribution in [3.63, 3.8) is 0 Å². The highest BCUT2D eigenvalue weighted by atomic mass is 16.4. The van der Waals surface area contributed by atoms with E-state index in [9.17, 15) is 4.79 Å². The molecular formula is C15H23N3O2. The first-order valence-corrected chi connectivity index (χ1v) is 6.65. The van der Waals surface area contributed by atoms with Crippen molar-refractivity contribution in [3.05, 3.63) is 35.4 Å². The predicted octanol–water partition coefficient (Wildman–Crippen LogP) is 1.82. The zero-order valence-corrected chi connectivity index (χ0v) is 12.3. The maximum atomic E-state index is 11.8. The molecule has 0 bridgehead atoms. The van der Waals surface area contributed by atoms with Crippen LogP contribution in [0.15, 0.2) is 29.4 Å². The van der Waals surface area contributed by atoms with Gasteiger partial charge in [0.1, 0.15) is 5.84 Å². The van der Waals surface area contributed by atoms with Crippen molar-refractivity contribution in [1.82, 2.24) is 5.32 Å². The quantitative estimate of drug-likeness (QED) is 0.321. The molecule has 4 N–H and O–H groups in total. The van der Waals surface area contributed by atoms with Crippen LogP contribution < -0.4 is 11.1 Å². The summed E-state index contributed by atoms with van der Waals surface area (Å²) in [6.45, 7) is 5.99. The van der Waals surface area contributed by atoms with Crippen LogP contribution in [-0.4, -0.2) is 23.5 Å². The van der Waals surface area contributed by atoms with Crippen LogP contribution in [-0.2, 0) is 11.2 Å². The third-order valence-electron chi connectivity index (χ3n) is 3.29. The highest BCUT2D eigenvalue weighted by Crippen LogP contribution is 2.13. The van der Waals surface area contributed by atoms with Crippen LogP contribution in [0, 0.1) is 12.3 Å². The van der Waals surface area contributed by atoms with Crippen molar-refractivity contribution < 1.29 is 10.0 Å². The van der Waals surface area contributed by atoms with Gasteiger partial charge in [-0.15, -0.1) is 0 Å². The molecule has 0 aliphatic rings. The molecule has 0 heterocycles. The summed E-state index contributed by atoms with van der Waals surface area (Å²) in [5.41, 5.74) is 7.35. The molecule has 0 fully saturated rings. The normalized spacial score (nSPS) is 12.2. The lowest BCUT2D eigenvalue weighted by Crippen LogP contribution is -2.42. The van der Waals surface area contributed by atoms with E-state index in [0.29, 0.717) is 19.4 Å². The zero-order valence-electron chi connectivity index (χ0n) is 12.3. The third-order valence-corrected chi connectivity index (χ3v) is 3.29. The lowest BCUT2D eigenvalue weighted by molar-refractivity contribution is -0.121. The zero-order chi connectivity index (χ0) is 15.2. The largest absolute Gasteiger partial charge is 0.409 e. The Kier molecular flexibility index (Phi) is 5.55. The molecule has 1 rings (SSSR count). The second-order valence-electron chi connectivity index (χ2n) is 5.63. The number of hydrogen-bond donors (Lipinski definition) is 3. The van der Waals surface area contributed by atoms with Gasteiger partial charge in [0.15, 0.2) is 0 Å². The van der Waals surface area contributed by atoms with Crippen LogP contribution >= 0.6 is 0 Å². The van der Waals surface area contributed by atoms with E-state index in [1.54, 1.807) is 0 Å². The van der Waals surface area contributed by atoms with E-state index in [0.717, 1.165) is 5.56 Å². The van der Waals surface area contributed by atoms with E-state index in [2.05, 4.69) is 10.5 Å². The molecule has 0 aliphatic carbocycles. The summed E-state index contributed by atoms with van der Waals surface area (Å²) in [4.78, 5) is 11.8. The van der Waals surface area contributed by atoms with Gasteiger partial charge in [0.25, 0.3) is 0 Å². The number of nitrogens with zero attached hydrogens (tertiary/aromatic N) is 1. The molecule has 0 aromatic heterocycles. The van der Waals surface area contributed by atoms with Gasteiger partial charge in [0.2, 0.25) is 5.91 Å². The van der Waals surface area contributed by atoms with Gasteiger partial charge in [-0.3, -0.25) is 4.79 Å². The van der Waals surface area contributed by atoms with E-state index >= 15 is 0 Å². The van der Waals surface area contributed by atoms with Crippen molar-refractivity contribution in [2.24, 2.45) is 16.3 Å². The molecule has 1 aromatic rings. The predicted molar refractivity (Wildman–Crippen MR) is 79.7 cm³/mol. The highest BCUT2D eigenvalue weighted by Gasteiger charge is 2.24.